The molecule has 0 amide bonds. The lowest BCUT2D eigenvalue weighted by molar-refractivity contribution is 0.0601. The summed E-state index contributed by atoms with van der Waals surface area (Å²) in [6.07, 6.45) is 1.34. The number of aromatic nitrogens is 1. The van der Waals surface area contributed by atoms with Gasteiger partial charge in [-0.15, -0.1) is 0 Å². The summed E-state index contributed by atoms with van der Waals surface area (Å²) in [5, 5.41) is 9.98. The Kier molecular flexibility index (Phi) is 2.25. The van der Waals surface area contributed by atoms with E-state index in [0.717, 1.165) is 5.39 Å². The van der Waals surface area contributed by atoms with Gasteiger partial charge in [0.15, 0.2) is 0 Å². The van der Waals surface area contributed by atoms with Crippen molar-refractivity contribution in [3.63, 3.8) is 0 Å². The lowest BCUT2D eigenvalue weighted by atomic mass is 10.1. The van der Waals surface area contributed by atoms with Crippen molar-refractivity contribution in [2.75, 3.05) is 7.11 Å². The molecular weight excluding hydrogens is 194 g/mol. The minimum absolute atomic E-state index is 0.105. The van der Waals surface area contributed by atoms with Crippen LogP contribution in [0.3, 0.4) is 0 Å². The van der Waals surface area contributed by atoms with E-state index in [4.69, 9.17) is 0 Å². The second kappa shape index (κ2) is 3.57. The molecule has 1 heterocycles. The molecule has 0 aliphatic heterocycles. The van der Waals surface area contributed by atoms with Crippen LogP contribution in [-0.2, 0) is 4.74 Å². The Balaban J connectivity index is 2.57. The Morgan fingerprint density at radius 2 is 2.20 bits per heavy atom. The second-order valence-corrected chi connectivity index (χ2v) is 3.09. The standard InChI is InChI=1S/C11H9NO3/c1-15-11(14)8-3-2-7-4-9(13)6-12-10(7)5-8/h2-6,13H,1H3. The molecule has 15 heavy (non-hydrogen) atoms. The summed E-state index contributed by atoms with van der Waals surface area (Å²) >= 11 is 0. The number of nitrogens with zero attached hydrogens (tertiary/aromatic N) is 1. The zero-order valence-corrected chi connectivity index (χ0v) is 8.10. The highest BCUT2D eigenvalue weighted by Crippen LogP contribution is 2.18. The van der Waals surface area contributed by atoms with E-state index < -0.39 is 5.97 Å². The summed E-state index contributed by atoms with van der Waals surface area (Å²) in [5.41, 5.74) is 1.10. The van der Waals surface area contributed by atoms with Gasteiger partial charge in [-0.25, -0.2) is 4.79 Å². The van der Waals surface area contributed by atoms with E-state index in [9.17, 15) is 9.90 Å². The fraction of sp³-hybridized carbons (Fsp3) is 0.0909. The summed E-state index contributed by atoms with van der Waals surface area (Å²) < 4.78 is 4.59. The molecule has 2 aromatic rings. The number of pyridine rings is 1. The first-order chi connectivity index (χ1) is 7.20. The number of ether oxygens (including phenoxy) is 1. The van der Waals surface area contributed by atoms with E-state index in [1.165, 1.54) is 13.3 Å². The normalized spacial score (nSPS) is 10.2. The Hall–Kier alpha value is -2.10. The molecule has 0 saturated carbocycles. The van der Waals surface area contributed by atoms with Crippen molar-refractivity contribution in [2.45, 2.75) is 0 Å². The topological polar surface area (TPSA) is 59.4 Å². The molecule has 0 spiro atoms. The summed E-state index contributed by atoms with van der Waals surface area (Å²) in [4.78, 5) is 15.2. The average Bonchev–Trinajstić information content (AvgIpc) is 2.27. The molecule has 0 aliphatic carbocycles. The summed E-state index contributed by atoms with van der Waals surface area (Å²) in [7, 11) is 1.33. The third-order valence-electron chi connectivity index (χ3n) is 2.09. The molecule has 0 fully saturated rings. The quantitative estimate of drug-likeness (QED) is 0.717. The van der Waals surface area contributed by atoms with Crippen LogP contribution in [0.1, 0.15) is 10.4 Å². The van der Waals surface area contributed by atoms with E-state index in [1.54, 1.807) is 24.3 Å². The van der Waals surface area contributed by atoms with E-state index in [1.807, 2.05) is 0 Å². The first-order valence-electron chi connectivity index (χ1n) is 4.38. The van der Waals surface area contributed by atoms with E-state index in [-0.39, 0.29) is 5.75 Å². The lowest BCUT2D eigenvalue weighted by Gasteiger charge is -2.01. The molecule has 0 saturated heterocycles. The fourth-order valence-electron chi connectivity index (χ4n) is 1.35. The molecule has 4 heteroatoms. The predicted molar refractivity (Wildman–Crippen MR) is 54.7 cm³/mol. The number of hydrogen-bond acceptors (Lipinski definition) is 4. The van der Waals surface area contributed by atoms with Crippen molar-refractivity contribution >= 4 is 16.9 Å². The van der Waals surface area contributed by atoms with Crippen LogP contribution in [0.2, 0.25) is 0 Å². The zero-order valence-electron chi connectivity index (χ0n) is 8.10. The largest absolute Gasteiger partial charge is 0.506 e. The third kappa shape index (κ3) is 1.74. The number of carbonyl (C=O) groups is 1. The van der Waals surface area contributed by atoms with Crippen LogP contribution >= 0.6 is 0 Å². The minimum atomic E-state index is -0.397. The Labute approximate surface area is 86.1 Å². The lowest BCUT2D eigenvalue weighted by Crippen LogP contribution is -2.00. The van der Waals surface area contributed by atoms with Crippen molar-refractivity contribution in [2.24, 2.45) is 0 Å². The first kappa shape index (κ1) is 9.45. The zero-order chi connectivity index (χ0) is 10.8. The van der Waals surface area contributed by atoms with Gasteiger partial charge in [-0.1, -0.05) is 6.07 Å². The highest BCUT2D eigenvalue weighted by atomic mass is 16.5. The van der Waals surface area contributed by atoms with Crippen molar-refractivity contribution in [1.82, 2.24) is 4.98 Å². The van der Waals surface area contributed by atoms with Gasteiger partial charge in [0.2, 0.25) is 0 Å². The van der Waals surface area contributed by atoms with Crippen LogP contribution in [0.25, 0.3) is 10.9 Å². The van der Waals surface area contributed by atoms with E-state index in [0.29, 0.717) is 11.1 Å². The van der Waals surface area contributed by atoms with E-state index in [2.05, 4.69) is 9.72 Å². The first-order valence-corrected chi connectivity index (χ1v) is 4.38. The van der Waals surface area contributed by atoms with Gasteiger partial charge in [-0.05, 0) is 18.2 Å². The van der Waals surface area contributed by atoms with Gasteiger partial charge in [-0.2, -0.15) is 0 Å². The molecular formula is C11H9NO3. The molecule has 0 unspecified atom stereocenters. The highest BCUT2D eigenvalue weighted by Gasteiger charge is 2.06. The molecule has 1 N–H and O–H groups in total. The van der Waals surface area contributed by atoms with Gasteiger partial charge in [0.1, 0.15) is 5.75 Å². The fourth-order valence-corrected chi connectivity index (χ4v) is 1.35. The van der Waals surface area contributed by atoms with Crippen molar-refractivity contribution < 1.29 is 14.6 Å². The summed E-state index contributed by atoms with van der Waals surface area (Å²) in [6.45, 7) is 0. The van der Waals surface area contributed by atoms with Gasteiger partial charge in [-0.3, -0.25) is 4.98 Å². The predicted octanol–water partition coefficient (Wildman–Crippen LogP) is 1.73. The van der Waals surface area contributed by atoms with Crippen molar-refractivity contribution in [1.29, 1.82) is 0 Å². The number of rotatable bonds is 1. The highest BCUT2D eigenvalue weighted by molar-refractivity contribution is 5.94. The van der Waals surface area contributed by atoms with Crippen LogP contribution in [0, 0.1) is 0 Å². The summed E-state index contributed by atoms with van der Waals surface area (Å²) in [5.74, 6) is -0.292. The summed E-state index contributed by atoms with van der Waals surface area (Å²) in [6, 6.07) is 6.56. The monoisotopic (exact) mass is 203 g/mol. The molecule has 1 aromatic carbocycles. The number of hydrogen-bond donors (Lipinski definition) is 1. The number of carbonyl (C=O) groups excluding carboxylic acids is 1. The molecule has 76 valence electrons. The van der Waals surface area contributed by atoms with Crippen LogP contribution < -0.4 is 0 Å². The van der Waals surface area contributed by atoms with Gasteiger partial charge in [0, 0.05) is 5.39 Å². The van der Waals surface area contributed by atoms with Crippen LogP contribution in [0.4, 0.5) is 0 Å². The number of aromatic hydroxyl groups is 1. The van der Waals surface area contributed by atoms with Gasteiger partial charge in [0.25, 0.3) is 0 Å². The van der Waals surface area contributed by atoms with Crippen LogP contribution in [0.5, 0.6) is 5.75 Å². The Morgan fingerprint density at radius 3 is 2.93 bits per heavy atom. The van der Waals surface area contributed by atoms with Gasteiger partial charge in [0.05, 0.1) is 24.4 Å². The Bertz CT molecular complexity index is 522. The molecule has 4 nitrogen and oxygen atoms in total. The molecule has 2 rings (SSSR count). The molecule has 0 aliphatic rings. The Morgan fingerprint density at radius 1 is 1.40 bits per heavy atom. The number of fused-ring (bicyclic) bond motifs is 1. The van der Waals surface area contributed by atoms with Crippen molar-refractivity contribution in [3.8, 4) is 5.75 Å². The van der Waals surface area contributed by atoms with E-state index >= 15 is 0 Å². The molecule has 0 radical (unpaired) electrons. The maximum Gasteiger partial charge on any atom is 0.337 e. The third-order valence-corrected chi connectivity index (χ3v) is 2.09. The van der Waals surface area contributed by atoms with Gasteiger partial charge >= 0.3 is 5.97 Å². The molecule has 0 atom stereocenters. The molecule has 1 aromatic heterocycles. The van der Waals surface area contributed by atoms with Gasteiger partial charge < -0.3 is 9.84 Å². The number of esters is 1. The minimum Gasteiger partial charge on any atom is -0.506 e. The number of methoxy groups -OCH3 is 1. The number of benzene rings is 1. The molecule has 0 bridgehead atoms. The SMILES string of the molecule is COC(=O)c1ccc2cc(O)cnc2c1. The second-order valence-electron chi connectivity index (χ2n) is 3.09. The maximum absolute atomic E-state index is 11.2. The smallest absolute Gasteiger partial charge is 0.337 e. The maximum atomic E-state index is 11.2. The van der Waals surface area contributed by atoms with Crippen LogP contribution in [-0.4, -0.2) is 23.2 Å². The average molecular weight is 203 g/mol. The van der Waals surface area contributed by atoms with Crippen molar-refractivity contribution in [3.05, 3.63) is 36.0 Å². The van der Waals surface area contributed by atoms with Crippen LogP contribution in [0.15, 0.2) is 30.5 Å².